The molecule has 0 aliphatic heterocycles. The van der Waals surface area contributed by atoms with Crippen LogP contribution in [0.25, 0.3) is 4.62 Å². The maximum Gasteiger partial charge on any atom is 0.337 e. The highest BCUT2D eigenvalue weighted by molar-refractivity contribution is 7.38. The van der Waals surface area contributed by atoms with Gasteiger partial charge in [-0.25, -0.2) is 6.57 Å². The van der Waals surface area contributed by atoms with E-state index in [0.29, 0.717) is 8.35 Å². The van der Waals surface area contributed by atoms with Crippen LogP contribution in [0.3, 0.4) is 0 Å². The second-order valence-electron chi connectivity index (χ2n) is 0.241. The van der Waals surface area contributed by atoms with Crippen LogP contribution in [0.2, 0.25) is 0 Å². The SMILES string of the molecule is [C-]#[N+]P=C. The maximum absolute atomic E-state index is 6.00. The van der Waals surface area contributed by atoms with Gasteiger partial charge < -0.3 is 0 Å². The highest BCUT2D eigenvalue weighted by Crippen LogP contribution is 1.84. The molecule has 0 aromatic rings. The van der Waals surface area contributed by atoms with Gasteiger partial charge in [0.2, 0.25) is 0 Å². The first-order chi connectivity index (χ1) is 1.91. The standard InChI is InChI=1S/C2H2NP/c1-3-4-2/h2H2. The van der Waals surface area contributed by atoms with Crippen molar-refractivity contribution >= 4 is 14.7 Å². The molecule has 0 N–H and O–H groups in total. The van der Waals surface area contributed by atoms with Crippen molar-refractivity contribution in [1.29, 1.82) is 0 Å². The molecule has 0 aliphatic rings. The molecule has 0 rings (SSSR count). The molecule has 0 spiro atoms. The molecule has 0 amide bonds. The summed E-state index contributed by atoms with van der Waals surface area (Å²) < 4.78 is 2.85. The van der Waals surface area contributed by atoms with Crippen LogP contribution in [-0.2, 0) is 0 Å². The largest absolute Gasteiger partial charge is 0.337 e. The zero-order valence-corrected chi connectivity index (χ0v) is 3.00. The van der Waals surface area contributed by atoms with E-state index >= 15 is 0 Å². The second kappa shape index (κ2) is 2.66. The molecule has 0 aromatic carbocycles. The van der Waals surface area contributed by atoms with Gasteiger partial charge in [0.1, 0.15) is 0 Å². The van der Waals surface area contributed by atoms with Crippen molar-refractivity contribution in [2.75, 3.05) is 0 Å². The van der Waals surface area contributed by atoms with Gasteiger partial charge in [-0.2, -0.15) is 0 Å². The van der Waals surface area contributed by atoms with Gasteiger partial charge in [0.15, 0.2) is 0 Å². The van der Waals surface area contributed by atoms with E-state index in [2.05, 4.69) is 10.9 Å². The normalized spacial score (nSPS) is 5.75. The Morgan fingerprint density at radius 2 is 2.25 bits per heavy atom. The van der Waals surface area contributed by atoms with E-state index < -0.39 is 0 Å². The van der Waals surface area contributed by atoms with Gasteiger partial charge in [0, 0.05) is 6.30 Å². The maximum atomic E-state index is 6.00. The first kappa shape index (κ1) is 3.66. The Balaban J connectivity index is 2.92. The van der Waals surface area contributed by atoms with Crippen molar-refractivity contribution in [2.24, 2.45) is 0 Å². The molecule has 4 heavy (non-hydrogen) atoms. The summed E-state index contributed by atoms with van der Waals surface area (Å²) in [5, 5.41) is 0. The summed E-state index contributed by atoms with van der Waals surface area (Å²) in [6.07, 6.45) is 3.22. The lowest BCUT2D eigenvalue weighted by atomic mass is 11.9. The van der Waals surface area contributed by atoms with E-state index in [-0.39, 0.29) is 0 Å². The fraction of sp³-hybridized carbons (Fsp3) is 0. The van der Waals surface area contributed by atoms with Gasteiger partial charge >= 0.3 is 8.35 Å². The Morgan fingerprint density at radius 3 is 2.25 bits per heavy atom. The zero-order chi connectivity index (χ0) is 3.41. The van der Waals surface area contributed by atoms with Crippen LogP contribution in [0, 0.1) is 6.57 Å². The summed E-state index contributed by atoms with van der Waals surface area (Å²) in [6.45, 7) is 6.00. The number of hydrogen-bond donors (Lipinski definition) is 0. The van der Waals surface area contributed by atoms with Crippen molar-refractivity contribution in [3.05, 3.63) is 11.2 Å². The predicted molar refractivity (Wildman–Crippen MR) is 20.6 cm³/mol. The van der Waals surface area contributed by atoms with Crippen LogP contribution in [0.1, 0.15) is 0 Å². The highest BCUT2D eigenvalue weighted by atomic mass is 31.1. The van der Waals surface area contributed by atoms with E-state index in [9.17, 15) is 0 Å². The fourth-order valence-corrected chi connectivity index (χ4v) is 0. The van der Waals surface area contributed by atoms with Crippen LogP contribution in [0.5, 0.6) is 0 Å². The van der Waals surface area contributed by atoms with Gasteiger partial charge in [-0.15, -0.1) is 0 Å². The van der Waals surface area contributed by atoms with E-state index in [1.165, 1.54) is 0 Å². The monoisotopic (exact) mass is 71.0 g/mol. The van der Waals surface area contributed by atoms with Crippen molar-refractivity contribution in [2.45, 2.75) is 0 Å². The lowest BCUT2D eigenvalue weighted by Crippen LogP contribution is -0.956. The molecular formula is C2H2NP. The molecule has 2 heteroatoms. The Kier molecular flexibility index (Phi) is 2.43. The van der Waals surface area contributed by atoms with Gasteiger partial charge in [-0.3, -0.25) is 4.62 Å². The molecule has 1 nitrogen and oxygen atoms in total. The van der Waals surface area contributed by atoms with Crippen LogP contribution in [0.15, 0.2) is 0 Å². The minimum absolute atomic E-state index is 0.540. The summed E-state index contributed by atoms with van der Waals surface area (Å²) in [7, 11) is 0.540. The van der Waals surface area contributed by atoms with E-state index in [0.717, 1.165) is 0 Å². The first-order valence-corrected chi connectivity index (χ1v) is 1.77. The molecule has 0 fully saturated rings. The summed E-state index contributed by atoms with van der Waals surface area (Å²) >= 11 is 0. The minimum atomic E-state index is 0.540. The molecule has 0 aromatic heterocycles. The van der Waals surface area contributed by atoms with Crippen molar-refractivity contribution in [3.63, 3.8) is 0 Å². The molecule has 0 radical (unpaired) electrons. The molecule has 0 unspecified atom stereocenters. The highest BCUT2D eigenvalue weighted by Gasteiger charge is 1.39. The number of rotatable bonds is 0. The van der Waals surface area contributed by atoms with Gasteiger partial charge in [0.05, 0.1) is 0 Å². The topological polar surface area (TPSA) is 4.36 Å². The second-order valence-corrected chi connectivity index (χ2v) is 0.724. The molecule has 0 heterocycles. The zero-order valence-electron chi connectivity index (χ0n) is 2.10. The summed E-state index contributed by atoms with van der Waals surface area (Å²) in [5.74, 6) is 0. The molecule has 20 valence electrons. The van der Waals surface area contributed by atoms with Crippen molar-refractivity contribution in [1.82, 2.24) is 0 Å². The van der Waals surface area contributed by atoms with Crippen molar-refractivity contribution < 1.29 is 0 Å². The third-order valence-electron chi connectivity index (χ3n) is 0.0707. The lowest BCUT2D eigenvalue weighted by Gasteiger charge is -1.33. The third-order valence-corrected chi connectivity index (χ3v) is 0.212. The molecule has 0 aliphatic carbocycles. The van der Waals surface area contributed by atoms with Crippen molar-refractivity contribution in [3.8, 4) is 0 Å². The average Bonchev–Trinajstić information content (AvgIpc) is 1.37. The van der Waals surface area contributed by atoms with E-state index in [4.69, 9.17) is 6.57 Å². The molecule has 0 saturated heterocycles. The lowest BCUT2D eigenvalue weighted by molar-refractivity contribution is 2.60. The summed E-state index contributed by atoms with van der Waals surface area (Å²) in [4.78, 5) is 0. The Labute approximate surface area is 26.9 Å². The first-order valence-electron chi connectivity index (χ1n) is 0.740. The molecule has 0 atom stereocenters. The molecular weight excluding hydrogens is 69.0 g/mol. The van der Waals surface area contributed by atoms with Crippen LogP contribution in [-0.4, -0.2) is 6.30 Å². The summed E-state index contributed by atoms with van der Waals surface area (Å²) in [5.41, 5.74) is 0. The van der Waals surface area contributed by atoms with Gasteiger partial charge in [0.25, 0.3) is 0 Å². The predicted octanol–water partition coefficient (Wildman–Crippen LogP) is 1.20. The average molecular weight is 71.0 g/mol. The fourth-order valence-electron chi connectivity index (χ4n) is 0. The third kappa shape index (κ3) is 1.66. The molecule has 0 saturated carbocycles. The van der Waals surface area contributed by atoms with Gasteiger partial charge in [-0.05, 0) is 0 Å². The Bertz CT molecular complexity index is 51.5. The van der Waals surface area contributed by atoms with Gasteiger partial charge in [-0.1, -0.05) is 0 Å². The number of nitrogens with zero attached hydrogens (tertiary/aromatic N) is 1. The van der Waals surface area contributed by atoms with E-state index in [1.54, 1.807) is 0 Å². The Morgan fingerprint density at radius 1 is 2.00 bits per heavy atom. The minimum Gasteiger partial charge on any atom is -0.257 e. The molecule has 0 bridgehead atoms. The van der Waals surface area contributed by atoms with E-state index in [1.807, 2.05) is 0 Å². The number of hydrogen-bond acceptors (Lipinski definition) is 0. The van der Waals surface area contributed by atoms with Crippen LogP contribution in [0.4, 0.5) is 0 Å². The quantitative estimate of drug-likeness (QED) is 0.298. The van der Waals surface area contributed by atoms with Crippen LogP contribution < -0.4 is 0 Å². The summed E-state index contributed by atoms with van der Waals surface area (Å²) in [6, 6.07) is 0. The Hall–Kier alpha value is -0.340. The smallest absolute Gasteiger partial charge is 0.257 e. The van der Waals surface area contributed by atoms with Crippen LogP contribution >= 0.6 is 8.35 Å².